The van der Waals surface area contributed by atoms with E-state index in [4.69, 9.17) is 0 Å². The van der Waals surface area contributed by atoms with E-state index in [0.29, 0.717) is 18.7 Å². The average Bonchev–Trinajstić information content (AvgIpc) is 2.91. The lowest BCUT2D eigenvalue weighted by Crippen LogP contribution is -2.52. The van der Waals surface area contributed by atoms with Gasteiger partial charge in [0.05, 0.1) is 10.6 Å². The first-order valence-electron chi connectivity index (χ1n) is 13.7. The number of sulfonamides is 1. The first kappa shape index (κ1) is 30.9. The van der Waals surface area contributed by atoms with Crippen molar-refractivity contribution in [1.82, 2.24) is 10.2 Å². The standard InChI is InChI=1S/C32H41N3O4S/c1-23(2)21-33-32(37)27(6)34(19-18-28-10-8-7-9-11-28)31(36)22-35(30-17-14-25(4)20-26(30)5)40(38,39)29-15-12-24(3)13-16-29/h7-17,20,23,27H,18-19,21-22H2,1-6H3,(H,33,37)/t27-/m0/s1. The predicted molar refractivity (Wildman–Crippen MR) is 161 cm³/mol. The van der Waals surface area contributed by atoms with Gasteiger partial charge in [-0.25, -0.2) is 8.42 Å². The summed E-state index contributed by atoms with van der Waals surface area (Å²) < 4.78 is 29.1. The molecule has 0 aromatic heterocycles. The summed E-state index contributed by atoms with van der Waals surface area (Å²) in [7, 11) is -4.08. The minimum absolute atomic E-state index is 0.101. The fourth-order valence-electron chi connectivity index (χ4n) is 4.46. The zero-order valence-corrected chi connectivity index (χ0v) is 25.2. The van der Waals surface area contributed by atoms with Crippen LogP contribution in [0, 0.1) is 26.7 Å². The van der Waals surface area contributed by atoms with Crippen LogP contribution in [-0.4, -0.2) is 50.8 Å². The molecule has 0 aliphatic rings. The van der Waals surface area contributed by atoms with Gasteiger partial charge in [0.25, 0.3) is 10.0 Å². The molecule has 40 heavy (non-hydrogen) atoms. The molecule has 1 atom stereocenters. The van der Waals surface area contributed by atoms with Gasteiger partial charge in [0.2, 0.25) is 11.8 Å². The minimum Gasteiger partial charge on any atom is -0.354 e. The molecule has 0 unspecified atom stereocenters. The summed E-state index contributed by atoms with van der Waals surface area (Å²) in [6.07, 6.45) is 0.530. The van der Waals surface area contributed by atoms with E-state index in [1.807, 2.05) is 77.1 Å². The number of hydrogen-bond donors (Lipinski definition) is 1. The number of aryl methyl sites for hydroxylation is 3. The Kier molecular flexibility index (Phi) is 10.5. The van der Waals surface area contributed by atoms with Crippen molar-refractivity contribution >= 4 is 27.5 Å². The lowest BCUT2D eigenvalue weighted by Gasteiger charge is -2.32. The molecule has 0 bridgehead atoms. The molecule has 3 aromatic rings. The van der Waals surface area contributed by atoms with Crippen molar-refractivity contribution in [3.05, 3.63) is 95.1 Å². The molecule has 0 heterocycles. The Morgan fingerprint density at radius 1 is 0.850 bits per heavy atom. The molecule has 8 heteroatoms. The highest BCUT2D eigenvalue weighted by Crippen LogP contribution is 2.28. The van der Waals surface area contributed by atoms with E-state index < -0.39 is 28.5 Å². The molecule has 0 saturated heterocycles. The predicted octanol–water partition coefficient (Wildman–Crippen LogP) is 5.04. The minimum atomic E-state index is -4.08. The SMILES string of the molecule is Cc1ccc(S(=O)(=O)N(CC(=O)N(CCc2ccccc2)[C@@H](C)C(=O)NCC(C)C)c2ccc(C)cc2C)cc1. The topological polar surface area (TPSA) is 86.8 Å². The number of nitrogens with zero attached hydrogens (tertiary/aromatic N) is 2. The van der Waals surface area contributed by atoms with E-state index in [2.05, 4.69) is 5.32 Å². The molecule has 214 valence electrons. The Morgan fingerprint density at radius 2 is 1.48 bits per heavy atom. The number of anilines is 1. The largest absolute Gasteiger partial charge is 0.354 e. The second kappa shape index (κ2) is 13.6. The summed E-state index contributed by atoms with van der Waals surface area (Å²) in [6, 6.07) is 21.0. The molecule has 0 aliphatic heterocycles. The third kappa shape index (κ3) is 7.94. The molecule has 0 saturated carbocycles. The Hall–Kier alpha value is -3.65. The van der Waals surface area contributed by atoms with E-state index in [9.17, 15) is 18.0 Å². The Morgan fingerprint density at radius 3 is 2.08 bits per heavy atom. The Labute approximate surface area is 239 Å². The molecular formula is C32H41N3O4S. The number of rotatable bonds is 12. The van der Waals surface area contributed by atoms with Crippen molar-refractivity contribution in [3.63, 3.8) is 0 Å². The van der Waals surface area contributed by atoms with Gasteiger partial charge in [-0.1, -0.05) is 79.6 Å². The van der Waals surface area contributed by atoms with Crippen LogP contribution in [0.15, 0.2) is 77.7 Å². The number of carbonyl (C=O) groups excluding carboxylic acids is 2. The smallest absolute Gasteiger partial charge is 0.264 e. The van der Waals surface area contributed by atoms with Gasteiger partial charge >= 0.3 is 0 Å². The molecule has 3 aromatic carbocycles. The molecule has 0 fully saturated rings. The summed E-state index contributed by atoms with van der Waals surface area (Å²) >= 11 is 0. The zero-order chi connectivity index (χ0) is 29.4. The number of benzene rings is 3. The van der Waals surface area contributed by atoms with Gasteiger partial charge in [0, 0.05) is 13.1 Å². The fraction of sp³-hybridized carbons (Fsp3) is 0.375. The third-order valence-corrected chi connectivity index (χ3v) is 8.62. The van der Waals surface area contributed by atoms with E-state index in [1.54, 1.807) is 37.3 Å². The van der Waals surface area contributed by atoms with Gasteiger partial charge < -0.3 is 10.2 Å². The van der Waals surface area contributed by atoms with Crippen LogP contribution in [0.3, 0.4) is 0 Å². The van der Waals surface area contributed by atoms with E-state index in [0.717, 1.165) is 22.3 Å². The van der Waals surface area contributed by atoms with Crippen LogP contribution in [0.25, 0.3) is 0 Å². The first-order chi connectivity index (χ1) is 18.9. The van der Waals surface area contributed by atoms with Crippen LogP contribution >= 0.6 is 0 Å². The maximum atomic E-state index is 14.0. The van der Waals surface area contributed by atoms with Crippen molar-refractivity contribution in [2.45, 2.75) is 58.9 Å². The highest BCUT2D eigenvalue weighted by atomic mass is 32.2. The van der Waals surface area contributed by atoms with E-state index in [-0.39, 0.29) is 23.3 Å². The first-order valence-corrected chi connectivity index (χ1v) is 15.1. The van der Waals surface area contributed by atoms with Crippen LogP contribution in [0.4, 0.5) is 5.69 Å². The molecule has 2 amide bonds. The highest BCUT2D eigenvalue weighted by molar-refractivity contribution is 7.92. The van der Waals surface area contributed by atoms with Crippen molar-refractivity contribution in [3.8, 4) is 0 Å². The van der Waals surface area contributed by atoms with Crippen LogP contribution < -0.4 is 9.62 Å². The molecule has 3 rings (SSSR count). The van der Waals surface area contributed by atoms with Gasteiger partial charge in [-0.05, 0) is 69.4 Å². The summed E-state index contributed by atoms with van der Waals surface area (Å²) in [5.41, 5.74) is 4.11. The van der Waals surface area contributed by atoms with Gasteiger partial charge in [-0.2, -0.15) is 0 Å². The highest BCUT2D eigenvalue weighted by Gasteiger charge is 2.33. The van der Waals surface area contributed by atoms with Gasteiger partial charge in [0.1, 0.15) is 12.6 Å². The van der Waals surface area contributed by atoms with Crippen LogP contribution in [0.2, 0.25) is 0 Å². The van der Waals surface area contributed by atoms with Crippen molar-refractivity contribution in [2.24, 2.45) is 5.92 Å². The van der Waals surface area contributed by atoms with Gasteiger partial charge in [0.15, 0.2) is 0 Å². The van der Waals surface area contributed by atoms with Crippen molar-refractivity contribution < 1.29 is 18.0 Å². The lowest BCUT2D eigenvalue weighted by atomic mass is 10.1. The average molecular weight is 564 g/mol. The number of carbonyl (C=O) groups is 2. The normalized spacial score (nSPS) is 12.2. The van der Waals surface area contributed by atoms with Crippen molar-refractivity contribution in [1.29, 1.82) is 0 Å². The second-order valence-electron chi connectivity index (χ2n) is 10.8. The van der Waals surface area contributed by atoms with Gasteiger partial charge in [-0.3, -0.25) is 13.9 Å². The number of hydrogen-bond acceptors (Lipinski definition) is 4. The second-order valence-corrected chi connectivity index (χ2v) is 12.6. The molecule has 1 N–H and O–H groups in total. The number of amides is 2. The molecule has 0 spiro atoms. The summed E-state index contributed by atoms with van der Waals surface area (Å²) in [5, 5.41) is 2.91. The molecule has 0 radical (unpaired) electrons. The monoisotopic (exact) mass is 563 g/mol. The maximum absolute atomic E-state index is 14.0. The number of nitrogens with one attached hydrogen (secondary N) is 1. The Bertz CT molecular complexity index is 1400. The molecular weight excluding hydrogens is 522 g/mol. The van der Waals surface area contributed by atoms with E-state index >= 15 is 0 Å². The van der Waals surface area contributed by atoms with Crippen LogP contribution in [0.1, 0.15) is 43.0 Å². The third-order valence-electron chi connectivity index (χ3n) is 6.84. The summed E-state index contributed by atoms with van der Waals surface area (Å²) in [4.78, 5) is 28.6. The summed E-state index contributed by atoms with van der Waals surface area (Å²) in [5.74, 6) is -0.461. The quantitative estimate of drug-likeness (QED) is 0.335. The van der Waals surface area contributed by atoms with Crippen LogP contribution in [0.5, 0.6) is 0 Å². The Balaban J connectivity index is 1.99. The zero-order valence-electron chi connectivity index (χ0n) is 24.3. The molecule has 0 aliphatic carbocycles. The fourth-order valence-corrected chi connectivity index (χ4v) is 5.94. The van der Waals surface area contributed by atoms with Crippen molar-refractivity contribution in [2.75, 3.05) is 23.9 Å². The van der Waals surface area contributed by atoms with Crippen LogP contribution in [-0.2, 0) is 26.0 Å². The summed E-state index contributed by atoms with van der Waals surface area (Å²) in [6.45, 7) is 11.7. The van der Waals surface area contributed by atoms with E-state index in [1.165, 1.54) is 9.21 Å². The lowest BCUT2D eigenvalue weighted by molar-refractivity contribution is -0.138. The maximum Gasteiger partial charge on any atom is 0.264 e. The molecule has 7 nitrogen and oxygen atoms in total. The van der Waals surface area contributed by atoms with Gasteiger partial charge in [-0.15, -0.1) is 0 Å².